The lowest BCUT2D eigenvalue weighted by molar-refractivity contribution is -0.116. The molecular formula is C20H19N3O2S. The summed E-state index contributed by atoms with van der Waals surface area (Å²) in [6.45, 7) is 0.453. The van der Waals surface area contributed by atoms with Crippen LogP contribution >= 0.6 is 11.3 Å². The van der Waals surface area contributed by atoms with Gasteiger partial charge in [-0.25, -0.2) is 4.98 Å². The standard InChI is InChI=1S/C20H19N3O2S/c24-18(12-7-13-21-19(25)16-10-5-2-6-11-16)23-20-22-17(14-26-20)15-8-3-1-4-9-15/h1-6,8-11,14H,7,12-13H2,(H,21,25)(H,22,23,24). The zero-order chi connectivity index (χ0) is 18.2. The van der Waals surface area contributed by atoms with E-state index in [0.717, 1.165) is 11.3 Å². The minimum Gasteiger partial charge on any atom is -0.352 e. The van der Waals surface area contributed by atoms with Crippen LogP contribution in [0, 0.1) is 0 Å². The maximum atomic E-state index is 12.0. The van der Waals surface area contributed by atoms with Gasteiger partial charge in [-0.05, 0) is 18.6 Å². The summed E-state index contributed by atoms with van der Waals surface area (Å²) in [6, 6.07) is 18.8. The van der Waals surface area contributed by atoms with E-state index in [1.54, 1.807) is 12.1 Å². The molecule has 0 saturated heterocycles. The molecule has 26 heavy (non-hydrogen) atoms. The van der Waals surface area contributed by atoms with Crippen molar-refractivity contribution in [3.63, 3.8) is 0 Å². The number of carbonyl (C=O) groups excluding carboxylic acids is 2. The monoisotopic (exact) mass is 365 g/mol. The SMILES string of the molecule is O=C(CCCNC(=O)c1ccccc1)Nc1nc(-c2ccccc2)cs1. The fourth-order valence-corrected chi connectivity index (χ4v) is 3.13. The highest BCUT2D eigenvalue weighted by molar-refractivity contribution is 7.14. The zero-order valence-electron chi connectivity index (χ0n) is 14.1. The molecule has 2 amide bonds. The molecule has 1 aromatic heterocycles. The van der Waals surface area contributed by atoms with E-state index in [1.807, 2.05) is 53.9 Å². The molecule has 6 heteroatoms. The minimum absolute atomic E-state index is 0.104. The number of benzene rings is 2. The summed E-state index contributed by atoms with van der Waals surface area (Å²) in [4.78, 5) is 28.3. The molecule has 132 valence electrons. The number of thiazole rings is 1. The van der Waals surface area contributed by atoms with Gasteiger partial charge in [0.2, 0.25) is 5.91 Å². The first-order valence-electron chi connectivity index (χ1n) is 8.36. The van der Waals surface area contributed by atoms with Crippen molar-refractivity contribution < 1.29 is 9.59 Å². The van der Waals surface area contributed by atoms with Gasteiger partial charge in [0.25, 0.3) is 5.91 Å². The van der Waals surface area contributed by atoms with Gasteiger partial charge in [0.1, 0.15) is 0 Å². The molecule has 2 N–H and O–H groups in total. The van der Waals surface area contributed by atoms with Gasteiger partial charge in [0.05, 0.1) is 5.69 Å². The van der Waals surface area contributed by atoms with E-state index in [9.17, 15) is 9.59 Å². The van der Waals surface area contributed by atoms with Gasteiger partial charge < -0.3 is 10.6 Å². The van der Waals surface area contributed by atoms with E-state index >= 15 is 0 Å². The first kappa shape index (κ1) is 17.8. The van der Waals surface area contributed by atoms with Crippen molar-refractivity contribution in [3.8, 4) is 11.3 Å². The van der Waals surface area contributed by atoms with Crippen LogP contribution in [0.5, 0.6) is 0 Å². The van der Waals surface area contributed by atoms with Gasteiger partial charge in [0, 0.05) is 29.5 Å². The van der Waals surface area contributed by atoms with Crippen molar-refractivity contribution >= 4 is 28.3 Å². The van der Waals surface area contributed by atoms with Crippen LogP contribution in [0.1, 0.15) is 23.2 Å². The van der Waals surface area contributed by atoms with Crippen LogP contribution in [-0.2, 0) is 4.79 Å². The molecule has 3 aromatic rings. The van der Waals surface area contributed by atoms with Crippen LogP contribution in [0.15, 0.2) is 66.0 Å². The molecule has 0 aliphatic heterocycles. The highest BCUT2D eigenvalue weighted by atomic mass is 32.1. The lowest BCUT2D eigenvalue weighted by Crippen LogP contribution is -2.25. The predicted molar refractivity (Wildman–Crippen MR) is 104 cm³/mol. The Labute approximate surface area is 156 Å². The molecule has 0 saturated carbocycles. The van der Waals surface area contributed by atoms with E-state index in [1.165, 1.54) is 11.3 Å². The normalized spacial score (nSPS) is 10.3. The van der Waals surface area contributed by atoms with Crippen LogP contribution in [-0.4, -0.2) is 23.3 Å². The number of rotatable bonds is 7. The van der Waals surface area contributed by atoms with E-state index in [2.05, 4.69) is 15.6 Å². The number of hydrogen-bond acceptors (Lipinski definition) is 4. The quantitative estimate of drug-likeness (QED) is 0.623. The summed E-state index contributed by atoms with van der Waals surface area (Å²) < 4.78 is 0. The fourth-order valence-electron chi connectivity index (χ4n) is 2.40. The van der Waals surface area contributed by atoms with Crippen molar-refractivity contribution in [3.05, 3.63) is 71.6 Å². The number of amides is 2. The average Bonchev–Trinajstić information content (AvgIpc) is 3.15. The van der Waals surface area contributed by atoms with Crippen molar-refractivity contribution in [2.75, 3.05) is 11.9 Å². The predicted octanol–water partition coefficient (Wildman–Crippen LogP) is 3.96. The summed E-state index contributed by atoms with van der Waals surface area (Å²) in [6.07, 6.45) is 0.899. The maximum Gasteiger partial charge on any atom is 0.251 e. The summed E-state index contributed by atoms with van der Waals surface area (Å²) >= 11 is 1.40. The summed E-state index contributed by atoms with van der Waals surface area (Å²) in [7, 11) is 0. The molecular weight excluding hydrogens is 346 g/mol. The van der Waals surface area contributed by atoms with Crippen molar-refractivity contribution in [2.24, 2.45) is 0 Å². The van der Waals surface area contributed by atoms with E-state index in [4.69, 9.17) is 0 Å². The molecule has 0 fully saturated rings. The van der Waals surface area contributed by atoms with E-state index < -0.39 is 0 Å². The molecule has 0 unspecified atom stereocenters. The minimum atomic E-state index is -0.126. The number of hydrogen-bond donors (Lipinski definition) is 2. The number of nitrogens with one attached hydrogen (secondary N) is 2. The number of aromatic nitrogens is 1. The van der Waals surface area contributed by atoms with Crippen molar-refractivity contribution in [1.82, 2.24) is 10.3 Å². The van der Waals surface area contributed by atoms with Crippen molar-refractivity contribution in [2.45, 2.75) is 12.8 Å². The lowest BCUT2D eigenvalue weighted by atomic mass is 10.2. The largest absolute Gasteiger partial charge is 0.352 e. The Morgan fingerprint density at radius 3 is 2.38 bits per heavy atom. The Balaban J connectivity index is 1.41. The van der Waals surface area contributed by atoms with E-state index in [0.29, 0.717) is 30.1 Å². The maximum absolute atomic E-state index is 12.0. The molecule has 3 rings (SSSR count). The Morgan fingerprint density at radius 2 is 1.65 bits per heavy atom. The Morgan fingerprint density at radius 1 is 0.962 bits per heavy atom. The third-order valence-electron chi connectivity index (χ3n) is 3.72. The first-order chi connectivity index (χ1) is 12.7. The third-order valence-corrected chi connectivity index (χ3v) is 4.48. The number of carbonyl (C=O) groups is 2. The summed E-state index contributed by atoms with van der Waals surface area (Å²) in [5.41, 5.74) is 2.49. The van der Waals surface area contributed by atoms with Crippen LogP contribution in [0.2, 0.25) is 0 Å². The molecule has 0 bridgehead atoms. The van der Waals surface area contributed by atoms with Crippen LogP contribution < -0.4 is 10.6 Å². The number of anilines is 1. The second kappa shape index (κ2) is 8.92. The van der Waals surface area contributed by atoms with Crippen LogP contribution in [0.25, 0.3) is 11.3 Å². The molecule has 0 radical (unpaired) electrons. The van der Waals surface area contributed by atoms with E-state index in [-0.39, 0.29) is 11.8 Å². The fraction of sp³-hybridized carbons (Fsp3) is 0.150. The van der Waals surface area contributed by atoms with Crippen LogP contribution in [0.3, 0.4) is 0 Å². The lowest BCUT2D eigenvalue weighted by Gasteiger charge is -2.05. The van der Waals surface area contributed by atoms with Gasteiger partial charge in [-0.1, -0.05) is 48.5 Å². The summed E-state index contributed by atoms with van der Waals surface area (Å²) in [5, 5.41) is 8.13. The highest BCUT2D eigenvalue weighted by Gasteiger charge is 2.08. The zero-order valence-corrected chi connectivity index (χ0v) is 15.0. The van der Waals surface area contributed by atoms with Gasteiger partial charge in [-0.3, -0.25) is 9.59 Å². The molecule has 2 aromatic carbocycles. The van der Waals surface area contributed by atoms with Gasteiger partial charge >= 0.3 is 0 Å². The molecule has 0 aliphatic rings. The van der Waals surface area contributed by atoms with Crippen LogP contribution in [0.4, 0.5) is 5.13 Å². The second-order valence-electron chi connectivity index (χ2n) is 5.68. The number of nitrogens with zero attached hydrogens (tertiary/aromatic N) is 1. The van der Waals surface area contributed by atoms with Gasteiger partial charge in [0.15, 0.2) is 5.13 Å². The topological polar surface area (TPSA) is 71.1 Å². The van der Waals surface area contributed by atoms with Crippen molar-refractivity contribution in [1.29, 1.82) is 0 Å². The molecule has 1 heterocycles. The Hall–Kier alpha value is -2.99. The van der Waals surface area contributed by atoms with Gasteiger partial charge in [-0.2, -0.15) is 0 Å². The molecule has 0 spiro atoms. The molecule has 0 atom stereocenters. The highest BCUT2D eigenvalue weighted by Crippen LogP contribution is 2.24. The first-order valence-corrected chi connectivity index (χ1v) is 9.24. The van der Waals surface area contributed by atoms with Gasteiger partial charge in [-0.15, -0.1) is 11.3 Å². The summed E-state index contributed by atoms with van der Waals surface area (Å²) in [5.74, 6) is -0.230. The Kier molecular flexibility index (Phi) is 6.11. The molecule has 0 aliphatic carbocycles. The third kappa shape index (κ3) is 5.00. The Bertz CT molecular complexity index is 863. The average molecular weight is 365 g/mol. The second-order valence-corrected chi connectivity index (χ2v) is 6.54. The molecule has 5 nitrogen and oxygen atoms in total. The smallest absolute Gasteiger partial charge is 0.251 e.